The van der Waals surface area contributed by atoms with Gasteiger partial charge in [-0.2, -0.15) is 0 Å². The van der Waals surface area contributed by atoms with Gasteiger partial charge in [0.1, 0.15) is 5.76 Å². The van der Waals surface area contributed by atoms with Gasteiger partial charge in [-0.05, 0) is 48.0 Å². The minimum atomic E-state index is -3.67. The van der Waals surface area contributed by atoms with Gasteiger partial charge in [-0.15, -0.1) is 0 Å². The number of carbonyl (C=O) groups excluding carboxylic acids is 1. The van der Waals surface area contributed by atoms with Crippen LogP contribution in [0.15, 0.2) is 101 Å². The van der Waals surface area contributed by atoms with E-state index in [1.807, 2.05) is 18.2 Å². The Kier molecular flexibility index (Phi) is 6.29. The molecule has 0 atom stereocenters. The lowest BCUT2D eigenvalue weighted by Gasteiger charge is -2.10. The standard InChI is InChI=1S/C23H20N4O4S/c28-23(26-21-5-1-2-6-22(21)27-14-13-24-17-27)12-9-18-7-10-20(11-8-18)32(29,30)25-16-19-4-3-15-31-19/h1-15,17,25H,16H2,(H,26,28). The zero-order valence-corrected chi connectivity index (χ0v) is 17.7. The Bertz CT molecular complexity index is 1310. The topological polar surface area (TPSA) is 106 Å². The quantitative estimate of drug-likeness (QED) is 0.401. The molecule has 162 valence electrons. The van der Waals surface area contributed by atoms with Crippen LogP contribution in [0.25, 0.3) is 11.8 Å². The number of furan rings is 1. The fourth-order valence-corrected chi connectivity index (χ4v) is 3.97. The molecule has 0 unspecified atom stereocenters. The van der Waals surface area contributed by atoms with E-state index in [0.29, 0.717) is 17.0 Å². The Morgan fingerprint density at radius 1 is 1.06 bits per heavy atom. The Balaban J connectivity index is 1.39. The third-order valence-corrected chi connectivity index (χ3v) is 6.00. The van der Waals surface area contributed by atoms with Gasteiger partial charge in [0.05, 0.1) is 35.4 Å². The molecule has 0 aliphatic carbocycles. The number of para-hydroxylation sites is 2. The lowest BCUT2D eigenvalue weighted by Crippen LogP contribution is -2.22. The maximum atomic E-state index is 12.4. The molecule has 2 heterocycles. The maximum Gasteiger partial charge on any atom is 0.248 e. The predicted octanol–water partition coefficient (Wildman–Crippen LogP) is 3.60. The Labute approximate surface area is 185 Å². The molecular weight excluding hydrogens is 428 g/mol. The lowest BCUT2D eigenvalue weighted by molar-refractivity contribution is -0.111. The summed E-state index contributed by atoms with van der Waals surface area (Å²) < 4.78 is 34.2. The summed E-state index contributed by atoms with van der Waals surface area (Å²) in [6.45, 7) is 0.0672. The summed E-state index contributed by atoms with van der Waals surface area (Å²) in [5.41, 5.74) is 2.13. The largest absolute Gasteiger partial charge is 0.468 e. The second-order valence-electron chi connectivity index (χ2n) is 6.78. The van der Waals surface area contributed by atoms with Crippen LogP contribution in [0, 0.1) is 0 Å². The molecular formula is C23H20N4O4S. The van der Waals surface area contributed by atoms with Crippen molar-refractivity contribution in [3.05, 3.63) is 103 Å². The fourth-order valence-electron chi connectivity index (χ4n) is 2.97. The number of nitrogens with zero attached hydrogens (tertiary/aromatic N) is 2. The van der Waals surface area contributed by atoms with E-state index in [4.69, 9.17) is 4.42 Å². The summed E-state index contributed by atoms with van der Waals surface area (Å²) in [7, 11) is -3.67. The highest BCUT2D eigenvalue weighted by atomic mass is 32.2. The van der Waals surface area contributed by atoms with E-state index >= 15 is 0 Å². The smallest absolute Gasteiger partial charge is 0.248 e. The Hall–Kier alpha value is -3.95. The van der Waals surface area contributed by atoms with Gasteiger partial charge in [-0.3, -0.25) is 4.79 Å². The van der Waals surface area contributed by atoms with Crippen molar-refractivity contribution < 1.29 is 17.6 Å². The van der Waals surface area contributed by atoms with Gasteiger partial charge in [0.25, 0.3) is 0 Å². The SMILES string of the molecule is O=C(C=Cc1ccc(S(=O)(=O)NCc2ccco2)cc1)Nc1ccccc1-n1ccnc1. The normalized spacial score (nSPS) is 11.6. The Morgan fingerprint density at radius 2 is 1.88 bits per heavy atom. The maximum absolute atomic E-state index is 12.4. The van der Waals surface area contributed by atoms with E-state index in [0.717, 1.165) is 5.69 Å². The third kappa shape index (κ3) is 5.20. The number of nitrogens with one attached hydrogen (secondary N) is 2. The fraction of sp³-hybridized carbons (Fsp3) is 0.0435. The number of aromatic nitrogens is 2. The number of benzene rings is 2. The van der Waals surface area contributed by atoms with Crippen LogP contribution in [0.3, 0.4) is 0 Å². The molecule has 2 aromatic carbocycles. The molecule has 9 heteroatoms. The molecule has 0 spiro atoms. The summed E-state index contributed by atoms with van der Waals surface area (Å²) >= 11 is 0. The van der Waals surface area contributed by atoms with Crippen LogP contribution in [0.4, 0.5) is 5.69 Å². The number of hydrogen-bond donors (Lipinski definition) is 2. The molecule has 4 aromatic rings. The van der Waals surface area contributed by atoms with Crippen molar-refractivity contribution in [3.63, 3.8) is 0 Å². The average molecular weight is 449 g/mol. The zero-order chi connectivity index (χ0) is 22.4. The van der Waals surface area contributed by atoms with Gasteiger partial charge >= 0.3 is 0 Å². The van der Waals surface area contributed by atoms with Crippen molar-refractivity contribution in [2.45, 2.75) is 11.4 Å². The number of carbonyl (C=O) groups is 1. The number of sulfonamides is 1. The molecule has 2 aromatic heterocycles. The molecule has 0 radical (unpaired) electrons. The second-order valence-corrected chi connectivity index (χ2v) is 8.55. The number of rotatable bonds is 8. The molecule has 0 bridgehead atoms. The predicted molar refractivity (Wildman–Crippen MR) is 120 cm³/mol. The molecule has 8 nitrogen and oxygen atoms in total. The molecule has 32 heavy (non-hydrogen) atoms. The van der Waals surface area contributed by atoms with Gasteiger partial charge in [-0.1, -0.05) is 24.3 Å². The van der Waals surface area contributed by atoms with Gasteiger partial charge in [0, 0.05) is 18.5 Å². The first kappa shape index (κ1) is 21.3. The first-order chi connectivity index (χ1) is 15.5. The second kappa shape index (κ2) is 9.46. The highest BCUT2D eigenvalue weighted by Crippen LogP contribution is 2.19. The molecule has 0 saturated carbocycles. The van der Waals surface area contributed by atoms with Crippen LogP contribution >= 0.6 is 0 Å². The zero-order valence-electron chi connectivity index (χ0n) is 16.9. The molecule has 0 aliphatic heterocycles. The van der Waals surface area contributed by atoms with Crippen molar-refractivity contribution in [1.82, 2.24) is 14.3 Å². The molecule has 4 rings (SSSR count). The van der Waals surface area contributed by atoms with Crippen LogP contribution in [0.1, 0.15) is 11.3 Å². The van der Waals surface area contributed by atoms with Gasteiger partial charge in [0.15, 0.2) is 0 Å². The highest BCUT2D eigenvalue weighted by molar-refractivity contribution is 7.89. The highest BCUT2D eigenvalue weighted by Gasteiger charge is 2.14. The molecule has 0 aliphatic rings. The van der Waals surface area contributed by atoms with Crippen molar-refractivity contribution in [2.75, 3.05) is 5.32 Å². The summed E-state index contributed by atoms with van der Waals surface area (Å²) in [6, 6.07) is 17.0. The number of hydrogen-bond acceptors (Lipinski definition) is 5. The van der Waals surface area contributed by atoms with E-state index in [1.54, 1.807) is 59.7 Å². The molecule has 1 amide bonds. The molecule has 0 fully saturated rings. The van der Waals surface area contributed by atoms with E-state index < -0.39 is 10.0 Å². The van der Waals surface area contributed by atoms with Crippen molar-refractivity contribution >= 4 is 27.7 Å². The number of anilines is 1. The summed E-state index contributed by atoms with van der Waals surface area (Å²) in [6.07, 6.45) is 9.59. The average Bonchev–Trinajstić information content (AvgIpc) is 3.51. The van der Waals surface area contributed by atoms with E-state index in [9.17, 15) is 13.2 Å². The number of amides is 1. The molecule has 0 saturated heterocycles. The van der Waals surface area contributed by atoms with Crippen molar-refractivity contribution in [3.8, 4) is 5.69 Å². The minimum Gasteiger partial charge on any atom is -0.468 e. The van der Waals surface area contributed by atoms with E-state index in [-0.39, 0.29) is 17.3 Å². The van der Waals surface area contributed by atoms with Gasteiger partial charge < -0.3 is 14.3 Å². The van der Waals surface area contributed by atoms with Gasteiger partial charge in [0.2, 0.25) is 15.9 Å². The summed E-state index contributed by atoms with van der Waals surface area (Å²) in [4.78, 5) is 16.5. The van der Waals surface area contributed by atoms with Crippen LogP contribution < -0.4 is 10.0 Å². The number of imidazole rings is 1. The summed E-state index contributed by atoms with van der Waals surface area (Å²) in [5, 5.41) is 2.85. The lowest BCUT2D eigenvalue weighted by atomic mass is 10.2. The van der Waals surface area contributed by atoms with Crippen LogP contribution in [0.5, 0.6) is 0 Å². The van der Waals surface area contributed by atoms with Crippen molar-refractivity contribution in [2.24, 2.45) is 0 Å². The van der Waals surface area contributed by atoms with Gasteiger partial charge in [-0.25, -0.2) is 18.1 Å². The monoisotopic (exact) mass is 448 g/mol. The molecule has 2 N–H and O–H groups in total. The third-order valence-electron chi connectivity index (χ3n) is 4.58. The summed E-state index contributed by atoms with van der Waals surface area (Å²) in [5.74, 6) is 0.211. The van der Waals surface area contributed by atoms with Crippen LogP contribution in [-0.2, 0) is 21.4 Å². The van der Waals surface area contributed by atoms with Crippen LogP contribution in [-0.4, -0.2) is 23.9 Å². The Morgan fingerprint density at radius 3 is 2.59 bits per heavy atom. The first-order valence-electron chi connectivity index (χ1n) is 9.70. The van der Waals surface area contributed by atoms with Crippen molar-refractivity contribution in [1.29, 1.82) is 0 Å². The minimum absolute atomic E-state index is 0.0672. The first-order valence-corrected chi connectivity index (χ1v) is 11.2. The van der Waals surface area contributed by atoms with E-state index in [2.05, 4.69) is 15.0 Å². The van der Waals surface area contributed by atoms with E-state index in [1.165, 1.54) is 24.5 Å². The van der Waals surface area contributed by atoms with Crippen LogP contribution in [0.2, 0.25) is 0 Å².